The predicted molar refractivity (Wildman–Crippen MR) is 155 cm³/mol. The lowest BCUT2D eigenvalue weighted by molar-refractivity contribution is -0.142. The lowest BCUT2D eigenvalue weighted by atomic mass is 9.91. The van der Waals surface area contributed by atoms with E-state index in [0.29, 0.717) is 12.1 Å². The van der Waals surface area contributed by atoms with Crippen LogP contribution in [0.4, 0.5) is 10.5 Å². The van der Waals surface area contributed by atoms with Gasteiger partial charge in [-0.15, -0.1) is 0 Å². The number of hydrogen-bond donors (Lipinski definition) is 2. The van der Waals surface area contributed by atoms with Crippen LogP contribution in [0.2, 0.25) is 0 Å². The van der Waals surface area contributed by atoms with Crippen molar-refractivity contribution in [2.24, 2.45) is 11.8 Å². The molecule has 7 heteroatoms. The summed E-state index contributed by atoms with van der Waals surface area (Å²) in [5.74, 6) is -0.461. The van der Waals surface area contributed by atoms with Crippen LogP contribution < -0.4 is 10.6 Å². The maximum absolute atomic E-state index is 14.5. The molecule has 1 saturated carbocycles. The zero-order chi connectivity index (χ0) is 29.1. The largest absolute Gasteiger partial charge is 0.444 e. The van der Waals surface area contributed by atoms with E-state index >= 15 is 0 Å². The van der Waals surface area contributed by atoms with Gasteiger partial charge in [-0.05, 0) is 88.1 Å². The molecule has 2 aromatic rings. The molecule has 212 valence electrons. The van der Waals surface area contributed by atoms with E-state index in [1.807, 2.05) is 77.1 Å². The number of aryl methyl sites for hydroxylation is 3. The third-order valence-corrected chi connectivity index (χ3v) is 7.58. The van der Waals surface area contributed by atoms with Crippen LogP contribution >= 0.6 is 0 Å². The molecule has 39 heavy (non-hydrogen) atoms. The smallest absolute Gasteiger partial charge is 0.408 e. The molecule has 5 atom stereocenters. The number of hydrogen-bond acceptors (Lipinski definition) is 4. The van der Waals surface area contributed by atoms with Crippen molar-refractivity contribution in [3.05, 3.63) is 64.7 Å². The van der Waals surface area contributed by atoms with Crippen molar-refractivity contribution in [1.29, 1.82) is 0 Å². The number of nitrogens with zero attached hydrogens (tertiary/aromatic N) is 1. The van der Waals surface area contributed by atoms with Gasteiger partial charge < -0.3 is 20.3 Å². The Kier molecular flexibility index (Phi) is 9.47. The van der Waals surface area contributed by atoms with Crippen molar-refractivity contribution < 1.29 is 19.1 Å². The molecule has 1 fully saturated rings. The Morgan fingerprint density at radius 2 is 1.56 bits per heavy atom. The van der Waals surface area contributed by atoms with Gasteiger partial charge in [0.15, 0.2) is 0 Å². The summed E-state index contributed by atoms with van der Waals surface area (Å²) in [6.07, 6.45) is 0.826. The van der Waals surface area contributed by atoms with Crippen molar-refractivity contribution >= 4 is 23.6 Å². The molecular weight excluding hydrogens is 490 g/mol. The summed E-state index contributed by atoms with van der Waals surface area (Å²) in [4.78, 5) is 43.3. The summed E-state index contributed by atoms with van der Waals surface area (Å²) in [7, 11) is 0. The van der Waals surface area contributed by atoms with Gasteiger partial charge in [0.2, 0.25) is 5.91 Å². The van der Waals surface area contributed by atoms with Gasteiger partial charge in [-0.3, -0.25) is 9.59 Å². The fraction of sp³-hybridized carbons (Fsp3) is 0.531. The molecule has 0 spiro atoms. The second-order valence-corrected chi connectivity index (χ2v) is 12.0. The topological polar surface area (TPSA) is 87.7 Å². The number of para-hydroxylation sites is 1. The highest BCUT2D eigenvalue weighted by atomic mass is 16.6. The van der Waals surface area contributed by atoms with Crippen LogP contribution in [0.15, 0.2) is 42.5 Å². The summed E-state index contributed by atoms with van der Waals surface area (Å²) in [6, 6.07) is 11.7. The van der Waals surface area contributed by atoms with Crippen molar-refractivity contribution in [3.8, 4) is 0 Å². The number of carbonyl (C=O) groups is 3. The van der Waals surface area contributed by atoms with E-state index in [2.05, 4.69) is 17.6 Å². The first-order valence-corrected chi connectivity index (χ1v) is 14.0. The number of carbonyl (C=O) groups excluding carboxylic acids is 3. The number of amides is 3. The quantitative estimate of drug-likeness (QED) is 0.385. The molecule has 3 rings (SSSR count). The minimum atomic E-state index is -0.861. The number of anilines is 1. The van der Waals surface area contributed by atoms with Gasteiger partial charge >= 0.3 is 6.09 Å². The first-order chi connectivity index (χ1) is 18.2. The standard InChI is InChI=1S/C32H45N3O4/c1-10-19(2)27(34-31(38)39-32(7,8)9)30(37)35(25-18-23(25)6)28(26-21(4)15-13-16-22(26)5)29(36)33-24-17-12-11-14-20(24)3/h11-17,19,23,25,27-28H,10,18H2,1-9H3,(H,33,36)(H,34,38). The molecule has 0 heterocycles. The van der Waals surface area contributed by atoms with Gasteiger partial charge in [0, 0.05) is 11.7 Å². The van der Waals surface area contributed by atoms with Gasteiger partial charge in [0.25, 0.3) is 5.91 Å². The van der Waals surface area contributed by atoms with Crippen LogP contribution in [0.5, 0.6) is 0 Å². The SMILES string of the molecule is CCC(C)C(NC(=O)OC(C)(C)C)C(=O)N(C(C(=O)Nc1ccccc1C)c1c(C)cccc1C)C1CC1C. The Balaban J connectivity index is 2.10. The molecule has 0 radical (unpaired) electrons. The first kappa shape index (κ1) is 30.2. The second-order valence-electron chi connectivity index (χ2n) is 12.0. The normalized spacial score (nSPS) is 18.9. The number of ether oxygens (including phenoxy) is 1. The maximum Gasteiger partial charge on any atom is 0.408 e. The zero-order valence-corrected chi connectivity index (χ0v) is 24.9. The zero-order valence-electron chi connectivity index (χ0n) is 24.9. The van der Waals surface area contributed by atoms with Gasteiger partial charge in [0.05, 0.1) is 0 Å². The molecule has 5 unspecified atom stereocenters. The van der Waals surface area contributed by atoms with E-state index in [-0.39, 0.29) is 29.7 Å². The van der Waals surface area contributed by atoms with E-state index in [9.17, 15) is 14.4 Å². The third-order valence-electron chi connectivity index (χ3n) is 7.58. The molecule has 0 aromatic heterocycles. The monoisotopic (exact) mass is 535 g/mol. The van der Waals surface area contributed by atoms with Crippen molar-refractivity contribution in [3.63, 3.8) is 0 Å². The lowest BCUT2D eigenvalue weighted by Gasteiger charge is -2.37. The van der Waals surface area contributed by atoms with Crippen molar-refractivity contribution in [1.82, 2.24) is 10.2 Å². The highest BCUT2D eigenvalue weighted by molar-refractivity contribution is 6.00. The van der Waals surface area contributed by atoms with Gasteiger partial charge in [0.1, 0.15) is 17.7 Å². The summed E-state index contributed by atoms with van der Waals surface area (Å²) >= 11 is 0. The summed E-state index contributed by atoms with van der Waals surface area (Å²) in [5.41, 5.74) is 3.63. The maximum atomic E-state index is 14.5. The number of nitrogens with one attached hydrogen (secondary N) is 2. The van der Waals surface area contributed by atoms with Gasteiger partial charge in [-0.25, -0.2) is 4.79 Å². The molecule has 0 saturated heterocycles. The highest BCUT2D eigenvalue weighted by Gasteiger charge is 2.49. The Labute approximate surface area is 233 Å². The number of alkyl carbamates (subject to hydrolysis) is 1. The fourth-order valence-corrected chi connectivity index (χ4v) is 5.02. The van der Waals surface area contributed by atoms with E-state index < -0.39 is 23.8 Å². The van der Waals surface area contributed by atoms with Crippen LogP contribution in [-0.4, -0.2) is 40.5 Å². The highest BCUT2D eigenvalue weighted by Crippen LogP contribution is 2.42. The summed E-state index contributed by atoms with van der Waals surface area (Å²) in [5, 5.41) is 5.96. The van der Waals surface area contributed by atoms with Crippen molar-refractivity contribution in [2.75, 3.05) is 5.32 Å². The van der Waals surface area contributed by atoms with Crippen LogP contribution in [0.25, 0.3) is 0 Å². The van der Waals surface area contributed by atoms with E-state index in [4.69, 9.17) is 4.74 Å². The van der Waals surface area contributed by atoms with E-state index in [1.165, 1.54) is 0 Å². The number of rotatable bonds is 9. The van der Waals surface area contributed by atoms with Gasteiger partial charge in [-0.1, -0.05) is 63.6 Å². The van der Waals surface area contributed by atoms with Crippen molar-refractivity contribution in [2.45, 2.75) is 98.9 Å². The molecule has 2 N–H and O–H groups in total. The van der Waals surface area contributed by atoms with E-state index in [1.54, 1.807) is 25.7 Å². The summed E-state index contributed by atoms with van der Waals surface area (Å²) in [6.45, 7) is 17.3. The minimum absolute atomic E-state index is 0.115. The first-order valence-electron chi connectivity index (χ1n) is 14.0. The molecule has 0 bridgehead atoms. The lowest BCUT2D eigenvalue weighted by Crippen LogP contribution is -2.55. The minimum Gasteiger partial charge on any atom is -0.444 e. The molecule has 1 aliphatic carbocycles. The molecule has 7 nitrogen and oxygen atoms in total. The Morgan fingerprint density at radius 3 is 2.08 bits per heavy atom. The molecule has 3 amide bonds. The Hall–Kier alpha value is -3.35. The fourth-order valence-electron chi connectivity index (χ4n) is 5.02. The third kappa shape index (κ3) is 7.40. The Morgan fingerprint density at radius 1 is 1.00 bits per heavy atom. The van der Waals surface area contributed by atoms with E-state index in [0.717, 1.165) is 28.7 Å². The van der Waals surface area contributed by atoms with Crippen LogP contribution in [-0.2, 0) is 14.3 Å². The average Bonchev–Trinajstić information content (AvgIpc) is 3.56. The van der Waals surface area contributed by atoms with Crippen LogP contribution in [0.1, 0.15) is 82.7 Å². The average molecular weight is 536 g/mol. The second kappa shape index (κ2) is 12.2. The molecular formula is C32H45N3O4. The van der Waals surface area contributed by atoms with Crippen LogP contribution in [0, 0.1) is 32.6 Å². The predicted octanol–water partition coefficient (Wildman–Crippen LogP) is 6.47. The number of benzene rings is 2. The Bertz CT molecular complexity index is 1180. The summed E-state index contributed by atoms with van der Waals surface area (Å²) < 4.78 is 5.51. The van der Waals surface area contributed by atoms with Gasteiger partial charge in [-0.2, -0.15) is 0 Å². The molecule has 1 aliphatic rings. The van der Waals surface area contributed by atoms with Crippen LogP contribution in [0.3, 0.4) is 0 Å². The molecule has 2 aromatic carbocycles. The molecule has 0 aliphatic heterocycles.